The van der Waals surface area contributed by atoms with Gasteiger partial charge in [0.15, 0.2) is 17.3 Å². The van der Waals surface area contributed by atoms with Gasteiger partial charge in [-0.1, -0.05) is 0 Å². The number of carbonyl (C=O) groups excluding carboxylic acids is 1. The Bertz CT molecular complexity index is 1420. The number of phenols is 2. The molecule has 4 aromatic rings. The predicted molar refractivity (Wildman–Crippen MR) is 122 cm³/mol. The Balaban J connectivity index is 1.68. The Kier molecular flexibility index (Phi) is 5.09. The molecule has 5 rings (SSSR count). The SMILES string of the molecule is COc1cc(-c2nc3ccc(C(=O)Nc4ccncc4)cc3n2C2(C)COC2)c(F)c(O)c1O. The number of methoxy groups -OCH3 is 1. The van der Waals surface area contributed by atoms with Crippen LogP contribution in [0.2, 0.25) is 0 Å². The number of hydrogen-bond donors (Lipinski definition) is 3. The van der Waals surface area contributed by atoms with Gasteiger partial charge in [-0.05, 0) is 43.3 Å². The second kappa shape index (κ2) is 7.99. The van der Waals surface area contributed by atoms with Crippen LogP contribution in [0.5, 0.6) is 17.2 Å². The number of benzene rings is 2. The van der Waals surface area contributed by atoms with Gasteiger partial charge < -0.3 is 29.6 Å². The zero-order valence-electron chi connectivity index (χ0n) is 18.4. The molecule has 1 saturated heterocycles. The number of nitrogens with zero attached hydrogens (tertiary/aromatic N) is 3. The number of rotatable bonds is 5. The van der Waals surface area contributed by atoms with Crippen molar-refractivity contribution in [2.24, 2.45) is 0 Å². The number of hydrogen-bond acceptors (Lipinski definition) is 7. The van der Waals surface area contributed by atoms with Crippen molar-refractivity contribution >= 4 is 22.6 Å². The van der Waals surface area contributed by atoms with Gasteiger partial charge in [0, 0.05) is 23.6 Å². The Morgan fingerprint density at radius 3 is 2.56 bits per heavy atom. The summed E-state index contributed by atoms with van der Waals surface area (Å²) >= 11 is 0. The van der Waals surface area contributed by atoms with Crippen LogP contribution in [0.15, 0.2) is 48.8 Å². The van der Waals surface area contributed by atoms with E-state index in [0.29, 0.717) is 35.5 Å². The average Bonchev–Trinajstić information content (AvgIpc) is 3.20. The normalized spacial score (nSPS) is 14.6. The number of aromatic hydroxyl groups is 2. The van der Waals surface area contributed by atoms with Crippen LogP contribution in [-0.4, -0.2) is 51.0 Å². The van der Waals surface area contributed by atoms with Gasteiger partial charge in [0.05, 0.1) is 42.5 Å². The number of ether oxygens (including phenoxy) is 2. The minimum atomic E-state index is -1.03. The predicted octanol–water partition coefficient (Wildman–Crippen LogP) is 3.65. The summed E-state index contributed by atoms with van der Waals surface area (Å²) in [6.07, 6.45) is 3.15. The molecule has 10 heteroatoms. The minimum absolute atomic E-state index is 0.0562. The lowest BCUT2D eigenvalue weighted by atomic mass is 9.98. The van der Waals surface area contributed by atoms with E-state index < -0.39 is 22.9 Å². The summed E-state index contributed by atoms with van der Waals surface area (Å²) in [5, 5.41) is 22.9. The standard InChI is InChI=1S/C24H21FN4O5/c1-24(11-34-12-24)29-17-9-13(23(32)27-14-5-7-26-8-6-14)3-4-16(17)28-22(29)15-10-18(33-2)20(30)21(31)19(15)25/h3-10,30-31H,11-12H2,1-2H3,(H,26,27,32). The monoisotopic (exact) mass is 464 g/mol. The van der Waals surface area contributed by atoms with E-state index in [1.54, 1.807) is 47.3 Å². The smallest absolute Gasteiger partial charge is 0.255 e. The lowest BCUT2D eigenvalue weighted by Gasteiger charge is -2.40. The van der Waals surface area contributed by atoms with Crippen molar-refractivity contribution in [2.45, 2.75) is 12.5 Å². The molecular formula is C24H21FN4O5. The van der Waals surface area contributed by atoms with Gasteiger partial charge in [-0.3, -0.25) is 9.78 Å². The highest BCUT2D eigenvalue weighted by atomic mass is 19.1. The first kappa shape index (κ1) is 21.7. The number of imidazole rings is 1. The highest BCUT2D eigenvalue weighted by Crippen LogP contribution is 2.44. The molecule has 1 fully saturated rings. The van der Waals surface area contributed by atoms with E-state index in [1.165, 1.54) is 13.2 Å². The molecule has 0 aliphatic carbocycles. The number of aromatic nitrogens is 3. The van der Waals surface area contributed by atoms with Crippen LogP contribution in [0.1, 0.15) is 17.3 Å². The summed E-state index contributed by atoms with van der Waals surface area (Å²) < 4.78 is 27.4. The van der Waals surface area contributed by atoms with E-state index in [2.05, 4.69) is 15.3 Å². The molecule has 9 nitrogen and oxygen atoms in total. The third kappa shape index (κ3) is 3.39. The maximum absolute atomic E-state index is 15.1. The number of nitrogens with one attached hydrogen (secondary N) is 1. The first-order chi connectivity index (χ1) is 16.3. The molecule has 2 aromatic carbocycles. The number of halogens is 1. The Hall–Kier alpha value is -4.18. The fourth-order valence-corrected chi connectivity index (χ4v) is 4.04. The van der Waals surface area contributed by atoms with Crippen molar-refractivity contribution in [1.82, 2.24) is 14.5 Å². The van der Waals surface area contributed by atoms with Gasteiger partial charge in [0.25, 0.3) is 5.91 Å². The molecule has 0 bridgehead atoms. The van der Waals surface area contributed by atoms with Gasteiger partial charge in [-0.2, -0.15) is 0 Å². The number of carbonyl (C=O) groups is 1. The van der Waals surface area contributed by atoms with Crippen LogP contribution in [0.25, 0.3) is 22.4 Å². The minimum Gasteiger partial charge on any atom is -0.502 e. The molecule has 3 heterocycles. The largest absolute Gasteiger partial charge is 0.502 e. The van der Waals surface area contributed by atoms with Crippen LogP contribution in [0, 0.1) is 5.82 Å². The summed E-state index contributed by atoms with van der Waals surface area (Å²) in [4.78, 5) is 21.4. The second-order valence-electron chi connectivity index (χ2n) is 8.29. The average molecular weight is 464 g/mol. The van der Waals surface area contributed by atoms with Gasteiger partial charge in [0.2, 0.25) is 5.75 Å². The molecule has 174 valence electrons. The molecule has 0 spiro atoms. The molecule has 1 aliphatic rings. The molecule has 2 aromatic heterocycles. The number of anilines is 1. The summed E-state index contributed by atoms with van der Waals surface area (Å²) in [7, 11) is 1.30. The first-order valence-electron chi connectivity index (χ1n) is 10.4. The van der Waals surface area contributed by atoms with Crippen molar-refractivity contribution in [2.75, 3.05) is 25.6 Å². The maximum atomic E-state index is 15.1. The number of pyridine rings is 1. The first-order valence-corrected chi connectivity index (χ1v) is 10.4. The van der Waals surface area contributed by atoms with Gasteiger partial charge in [-0.25, -0.2) is 9.37 Å². The molecule has 0 atom stereocenters. The third-order valence-corrected chi connectivity index (χ3v) is 5.86. The van der Waals surface area contributed by atoms with E-state index in [4.69, 9.17) is 9.47 Å². The molecule has 1 amide bonds. The molecule has 1 aliphatic heterocycles. The van der Waals surface area contributed by atoms with Crippen molar-refractivity contribution in [3.05, 3.63) is 60.2 Å². The molecule has 34 heavy (non-hydrogen) atoms. The Morgan fingerprint density at radius 2 is 1.91 bits per heavy atom. The number of phenolic OH excluding ortho intramolecular Hbond substituents is 2. The summed E-state index contributed by atoms with van der Waals surface area (Å²) in [5.74, 6) is -2.87. The Morgan fingerprint density at radius 1 is 1.18 bits per heavy atom. The van der Waals surface area contributed by atoms with E-state index in [-0.39, 0.29) is 23.0 Å². The topological polar surface area (TPSA) is 119 Å². The van der Waals surface area contributed by atoms with E-state index in [0.717, 1.165) is 0 Å². The molecule has 0 radical (unpaired) electrons. The number of fused-ring (bicyclic) bond motifs is 1. The van der Waals surface area contributed by atoms with E-state index >= 15 is 4.39 Å². The molecular weight excluding hydrogens is 443 g/mol. The van der Waals surface area contributed by atoms with Crippen LogP contribution in [-0.2, 0) is 10.3 Å². The maximum Gasteiger partial charge on any atom is 0.255 e. The van der Waals surface area contributed by atoms with Gasteiger partial charge in [0.1, 0.15) is 5.82 Å². The third-order valence-electron chi connectivity index (χ3n) is 5.86. The van der Waals surface area contributed by atoms with Crippen molar-refractivity contribution < 1.29 is 28.9 Å². The van der Waals surface area contributed by atoms with Crippen molar-refractivity contribution in [1.29, 1.82) is 0 Å². The fraction of sp³-hybridized carbons (Fsp3) is 0.208. The fourth-order valence-electron chi connectivity index (χ4n) is 4.04. The zero-order chi connectivity index (χ0) is 24.0. The summed E-state index contributed by atoms with van der Waals surface area (Å²) in [6, 6.07) is 9.63. The Labute approximate surface area is 193 Å². The second-order valence-corrected chi connectivity index (χ2v) is 8.29. The van der Waals surface area contributed by atoms with Crippen molar-refractivity contribution in [3.8, 4) is 28.6 Å². The van der Waals surface area contributed by atoms with Crippen LogP contribution < -0.4 is 10.1 Å². The molecule has 3 N–H and O–H groups in total. The molecule has 0 saturated carbocycles. The van der Waals surface area contributed by atoms with E-state index in [9.17, 15) is 15.0 Å². The molecule has 0 unspecified atom stereocenters. The summed E-state index contributed by atoms with van der Waals surface area (Å²) in [6.45, 7) is 2.63. The van der Waals surface area contributed by atoms with Gasteiger partial charge in [-0.15, -0.1) is 0 Å². The zero-order valence-corrected chi connectivity index (χ0v) is 18.4. The van der Waals surface area contributed by atoms with Crippen molar-refractivity contribution in [3.63, 3.8) is 0 Å². The van der Waals surface area contributed by atoms with Crippen LogP contribution in [0.4, 0.5) is 10.1 Å². The van der Waals surface area contributed by atoms with Crippen LogP contribution in [0.3, 0.4) is 0 Å². The van der Waals surface area contributed by atoms with Crippen LogP contribution >= 0.6 is 0 Å². The highest BCUT2D eigenvalue weighted by molar-refractivity contribution is 6.06. The van der Waals surface area contributed by atoms with Gasteiger partial charge >= 0.3 is 0 Å². The number of amides is 1. The van der Waals surface area contributed by atoms with E-state index in [1.807, 2.05) is 6.92 Å². The lowest BCUT2D eigenvalue weighted by Crippen LogP contribution is -2.49. The quantitative estimate of drug-likeness (QED) is 0.386. The lowest BCUT2D eigenvalue weighted by molar-refractivity contribution is -0.0868. The summed E-state index contributed by atoms with van der Waals surface area (Å²) in [5.41, 5.74) is 1.47. The highest BCUT2D eigenvalue weighted by Gasteiger charge is 2.39.